The van der Waals surface area contributed by atoms with Crippen LogP contribution in [0.15, 0.2) is 113 Å². The van der Waals surface area contributed by atoms with E-state index < -0.39 is 0 Å². The second-order valence-electron chi connectivity index (χ2n) is 10.2. The van der Waals surface area contributed by atoms with E-state index in [2.05, 4.69) is 46.7 Å². The first kappa shape index (κ1) is 28.6. The highest BCUT2D eigenvalue weighted by atomic mass is 32.2. The Morgan fingerprint density at radius 2 is 1.67 bits per heavy atom. The summed E-state index contributed by atoms with van der Waals surface area (Å²) in [5.41, 5.74) is 4.93. The molecule has 5 aromatic rings. The minimum absolute atomic E-state index is 0.103. The summed E-state index contributed by atoms with van der Waals surface area (Å²) >= 11 is 2.94. The average molecular weight is 607 g/mol. The van der Waals surface area contributed by atoms with Gasteiger partial charge in [0.15, 0.2) is 11.0 Å². The first-order chi connectivity index (χ1) is 21.0. The van der Waals surface area contributed by atoms with Crippen LogP contribution in [0.3, 0.4) is 0 Å². The van der Waals surface area contributed by atoms with Crippen LogP contribution in [-0.4, -0.2) is 43.1 Å². The average Bonchev–Trinajstić information content (AvgIpc) is 3.80. The van der Waals surface area contributed by atoms with Gasteiger partial charge in [-0.2, -0.15) is 5.10 Å². The van der Waals surface area contributed by atoms with Crippen molar-refractivity contribution in [2.45, 2.75) is 37.5 Å². The SMILES string of the molecule is Cc1ccc([C@@H]2CC(c3cccs3)=NN2C(=O)CSc2nnc(CNC(=O)Cc3ccccc3)n2-c2ccccc2)cc1. The maximum Gasteiger partial charge on any atom is 0.253 e. The quantitative estimate of drug-likeness (QED) is 0.198. The maximum atomic E-state index is 13.7. The number of thioether (sulfide) groups is 1. The van der Waals surface area contributed by atoms with Gasteiger partial charge in [0.1, 0.15) is 0 Å². The highest BCUT2D eigenvalue weighted by Crippen LogP contribution is 2.35. The minimum atomic E-state index is -0.173. The molecule has 216 valence electrons. The first-order valence-electron chi connectivity index (χ1n) is 14.0. The third-order valence-corrected chi connectivity index (χ3v) is 8.96. The molecular weight excluding hydrogens is 577 g/mol. The van der Waals surface area contributed by atoms with E-state index in [9.17, 15) is 9.59 Å². The zero-order chi connectivity index (χ0) is 29.6. The number of thiophene rings is 1. The second-order valence-corrected chi connectivity index (χ2v) is 12.1. The lowest BCUT2D eigenvalue weighted by Crippen LogP contribution is -2.28. The van der Waals surface area contributed by atoms with Gasteiger partial charge in [0.2, 0.25) is 5.91 Å². The molecule has 10 heteroatoms. The molecule has 0 saturated heterocycles. The lowest BCUT2D eigenvalue weighted by atomic mass is 10.00. The van der Waals surface area contributed by atoms with Gasteiger partial charge in [-0.3, -0.25) is 14.2 Å². The summed E-state index contributed by atoms with van der Waals surface area (Å²) in [6.07, 6.45) is 0.940. The number of carbonyl (C=O) groups excluding carboxylic acids is 2. The molecule has 0 spiro atoms. The van der Waals surface area contributed by atoms with Crippen molar-refractivity contribution in [3.05, 3.63) is 130 Å². The van der Waals surface area contributed by atoms with Crippen LogP contribution >= 0.6 is 23.1 Å². The van der Waals surface area contributed by atoms with Gasteiger partial charge in [-0.05, 0) is 41.6 Å². The van der Waals surface area contributed by atoms with Crippen molar-refractivity contribution >= 4 is 40.6 Å². The molecule has 2 amide bonds. The third kappa shape index (κ3) is 6.76. The largest absolute Gasteiger partial charge is 0.348 e. The molecule has 0 unspecified atom stereocenters. The molecular formula is C33H30N6O2S2. The Kier molecular flexibility index (Phi) is 8.76. The van der Waals surface area contributed by atoms with Crippen LogP contribution in [0.1, 0.15) is 39.9 Å². The fourth-order valence-electron chi connectivity index (χ4n) is 4.94. The van der Waals surface area contributed by atoms with Crippen molar-refractivity contribution in [3.8, 4) is 5.69 Å². The summed E-state index contributed by atoms with van der Waals surface area (Å²) in [4.78, 5) is 27.4. The predicted molar refractivity (Wildman–Crippen MR) is 170 cm³/mol. The topological polar surface area (TPSA) is 92.5 Å². The predicted octanol–water partition coefficient (Wildman–Crippen LogP) is 5.97. The zero-order valence-corrected chi connectivity index (χ0v) is 25.2. The van der Waals surface area contributed by atoms with E-state index in [0.717, 1.165) is 27.4 Å². The Morgan fingerprint density at radius 3 is 2.40 bits per heavy atom. The summed E-state index contributed by atoms with van der Waals surface area (Å²) in [6, 6.07) is 31.5. The van der Waals surface area contributed by atoms with Gasteiger partial charge in [-0.15, -0.1) is 21.5 Å². The van der Waals surface area contributed by atoms with Gasteiger partial charge in [0.05, 0.1) is 35.3 Å². The maximum absolute atomic E-state index is 13.7. The number of amides is 2. The van der Waals surface area contributed by atoms with Gasteiger partial charge >= 0.3 is 0 Å². The van der Waals surface area contributed by atoms with Crippen LogP contribution in [-0.2, 0) is 22.6 Å². The number of nitrogens with one attached hydrogen (secondary N) is 1. The number of aryl methyl sites for hydroxylation is 1. The van der Waals surface area contributed by atoms with E-state index in [0.29, 0.717) is 17.4 Å². The van der Waals surface area contributed by atoms with Crippen molar-refractivity contribution in [3.63, 3.8) is 0 Å². The Hall–Kier alpha value is -4.54. The van der Waals surface area contributed by atoms with E-state index in [4.69, 9.17) is 5.10 Å². The van der Waals surface area contributed by atoms with E-state index in [-0.39, 0.29) is 36.6 Å². The number of hydrogen-bond acceptors (Lipinski definition) is 7. The molecule has 0 bridgehead atoms. The standard InChI is InChI=1S/C33H30N6O2S2/c1-23-14-16-25(17-15-23)28-20-27(29-13-8-18-42-29)37-39(28)32(41)22-43-33-36-35-30(38(33)26-11-6-3-7-12-26)21-34-31(40)19-24-9-4-2-5-10-24/h2-18,28H,19-22H2,1H3,(H,34,40)/t28-/m0/s1. The molecule has 0 saturated carbocycles. The second kappa shape index (κ2) is 13.2. The lowest BCUT2D eigenvalue weighted by Gasteiger charge is -2.22. The molecule has 3 aromatic carbocycles. The zero-order valence-electron chi connectivity index (χ0n) is 23.6. The van der Waals surface area contributed by atoms with E-state index in [1.54, 1.807) is 16.3 Å². The van der Waals surface area contributed by atoms with E-state index in [1.807, 2.05) is 82.7 Å². The number of hydrazone groups is 1. The number of benzene rings is 3. The number of nitrogens with zero attached hydrogens (tertiary/aromatic N) is 5. The minimum Gasteiger partial charge on any atom is -0.348 e. The van der Waals surface area contributed by atoms with Gasteiger partial charge < -0.3 is 5.32 Å². The van der Waals surface area contributed by atoms with Gasteiger partial charge in [-0.25, -0.2) is 5.01 Å². The van der Waals surface area contributed by atoms with E-state index in [1.165, 1.54) is 17.3 Å². The molecule has 3 heterocycles. The van der Waals surface area contributed by atoms with Crippen molar-refractivity contribution < 1.29 is 9.59 Å². The molecule has 2 aromatic heterocycles. The first-order valence-corrected chi connectivity index (χ1v) is 15.8. The Balaban J connectivity index is 1.20. The Labute approximate surface area is 258 Å². The molecule has 0 radical (unpaired) electrons. The summed E-state index contributed by atoms with van der Waals surface area (Å²) < 4.78 is 1.89. The van der Waals surface area contributed by atoms with Gasteiger partial charge in [0, 0.05) is 12.1 Å². The van der Waals surface area contributed by atoms with Crippen LogP contribution in [0, 0.1) is 6.92 Å². The van der Waals surface area contributed by atoms with Crippen molar-refractivity contribution in [2.75, 3.05) is 5.75 Å². The molecule has 1 aliphatic rings. The highest BCUT2D eigenvalue weighted by molar-refractivity contribution is 7.99. The van der Waals surface area contributed by atoms with Crippen molar-refractivity contribution in [1.29, 1.82) is 0 Å². The molecule has 1 atom stereocenters. The lowest BCUT2D eigenvalue weighted by molar-refractivity contribution is -0.130. The highest BCUT2D eigenvalue weighted by Gasteiger charge is 2.33. The smallest absolute Gasteiger partial charge is 0.253 e. The normalized spacial score (nSPS) is 14.5. The molecule has 0 fully saturated rings. The van der Waals surface area contributed by atoms with Crippen LogP contribution < -0.4 is 5.32 Å². The van der Waals surface area contributed by atoms with Crippen LogP contribution in [0.25, 0.3) is 5.69 Å². The molecule has 43 heavy (non-hydrogen) atoms. The van der Waals surface area contributed by atoms with Crippen LogP contribution in [0.5, 0.6) is 0 Å². The van der Waals surface area contributed by atoms with Gasteiger partial charge in [-0.1, -0.05) is 96.2 Å². The van der Waals surface area contributed by atoms with Crippen molar-refractivity contribution in [2.24, 2.45) is 5.10 Å². The summed E-state index contributed by atoms with van der Waals surface area (Å²) in [5, 5.41) is 20.8. The third-order valence-electron chi connectivity index (χ3n) is 7.12. The number of carbonyl (C=O) groups is 2. The number of rotatable bonds is 10. The van der Waals surface area contributed by atoms with Crippen molar-refractivity contribution in [1.82, 2.24) is 25.1 Å². The van der Waals surface area contributed by atoms with E-state index >= 15 is 0 Å². The Bertz CT molecular complexity index is 1720. The fourth-order valence-corrected chi connectivity index (χ4v) is 6.48. The van der Waals surface area contributed by atoms with Gasteiger partial charge in [0.25, 0.3) is 5.91 Å². The molecule has 0 aliphatic carbocycles. The summed E-state index contributed by atoms with van der Waals surface area (Å²) in [5.74, 6) is 0.505. The molecule has 6 rings (SSSR count). The van der Waals surface area contributed by atoms with Crippen LogP contribution in [0.4, 0.5) is 0 Å². The number of aromatic nitrogens is 3. The monoisotopic (exact) mass is 606 g/mol. The fraction of sp³-hybridized carbons (Fsp3) is 0.182. The summed E-state index contributed by atoms with van der Waals surface area (Å²) in [6.45, 7) is 2.26. The summed E-state index contributed by atoms with van der Waals surface area (Å²) in [7, 11) is 0. The molecule has 8 nitrogen and oxygen atoms in total. The molecule has 1 N–H and O–H groups in total. The molecule has 1 aliphatic heterocycles. The Morgan fingerprint density at radius 1 is 0.930 bits per heavy atom. The van der Waals surface area contributed by atoms with Crippen LogP contribution in [0.2, 0.25) is 0 Å². The number of hydrogen-bond donors (Lipinski definition) is 1. The number of para-hydroxylation sites is 1.